The van der Waals surface area contributed by atoms with E-state index in [0.717, 1.165) is 40.6 Å². The Kier molecular flexibility index (Phi) is 9.98. The lowest BCUT2D eigenvalue weighted by Gasteiger charge is -2.27. The summed E-state index contributed by atoms with van der Waals surface area (Å²) in [6, 6.07) is 5.00. The van der Waals surface area contributed by atoms with Crippen LogP contribution in [-0.2, 0) is 28.3 Å². The first kappa shape index (κ1) is 39.3. The Bertz CT molecular complexity index is 2440. The number of alkyl halides is 7. The molecule has 0 aliphatic heterocycles. The van der Waals surface area contributed by atoms with E-state index in [1.807, 2.05) is 0 Å². The fraction of sp³-hybridized carbons (Fsp3) is 0.300. The maximum Gasteiger partial charge on any atom is 0.460 e. The van der Waals surface area contributed by atoms with Crippen LogP contribution in [0.2, 0.25) is 5.02 Å². The highest BCUT2D eigenvalue weighted by Gasteiger charge is 2.73. The van der Waals surface area contributed by atoms with Gasteiger partial charge in [-0.25, -0.2) is 22.2 Å². The minimum Gasteiger partial charge on any atom is -0.471 e. The van der Waals surface area contributed by atoms with Crippen molar-refractivity contribution < 1.29 is 57.5 Å². The number of aryl methyl sites for hydroxylation is 1. The highest BCUT2D eigenvalue weighted by atomic mass is 35.5. The van der Waals surface area contributed by atoms with E-state index in [1.54, 1.807) is 0 Å². The molecule has 2 aromatic carbocycles. The van der Waals surface area contributed by atoms with Crippen molar-refractivity contribution in [2.24, 2.45) is 12.8 Å². The summed E-state index contributed by atoms with van der Waals surface area (Å²) in [6.07, 6.45) is -6.33. The van der Waals surface area contributed by atoms with Crippen LogP contribution in [0.15, 0.2) is 47.3 Å². The third-order valence-corrected chi connectivity index (χ3v) is 9.02. The molecule has 5 rings (SSSR count). The number of pyridine rings is 1. The summed E-state index contributed by atoms with van der Waals surface area (Å²) in [6.45, 7) is -1.56. The van der Waals surface area contributed by atoms with Crippen LogP contribution in [0.4, 0.5) is 45.3 Å². The number of ether oxygens (including phenoxy) is 1. The second-order valence-corrected chi connectivity index (χ2v) is 13.8. The van der Waals surface area contributed by atoms with Crippen LogP contribution in [-0.4, -0.2) is 69.5 Å². The van der Waals surface area contributed by atoms with Crippen molar-refractivity contribution in [1.29, 1.82) is 0 Å². The predicted octanol–water partition coefficient (Wildman–Crippen LogP) is 5.37. The molecule has 0 saturated heterocycles. The van der Waals surface area contributed by atoms with Gasteiger partial charge in [-0.15, -0.1) is 0 Å². The predicted molar refractivity (Wildman–Crippen MR) is 171 cm³/mol. The number of anilines is 1. The lowest BCUT2D eigenvalue weighted by molar-refractivity contribution is -0.358. The minimum absolute atomic E-state index is 0.0388. The van der Waals surface area contributed by atoms with Crippen LogP contribution in [0, 0.1) is 11.6 Å². The monoisotopic (exact) mass is 799 g/mol. The number of nitrogens with two attached hydrogens (primary N) is 1. The summed E-state index contributed by atoms with van der Waals surface area (Å²) in [4.78, 5) is 34.7. The van der Waals surface area contributed by atoms with Crippen molar-refractivity contribution in [3.8, 4) is 11.6 Å². The van der Waals surface area contributed by atoms with Crippen LogP contribution in [0.3, 0.4) is 0 Å². The third-order valence-electron chi connectivity index (χ3n) is 7.61. The van der Waals surface area contributed by atoms with Gasteiger partial charge in [-0.05, 0) is 42.3 Å². The molecule has 1 amide bonds. The van der Waals surface area contributed by atoms with Gasteiger partial charge in [0.2, 0.25) is 21.8 Å². The van der Waals surface area contributed by atoms with Gasteiger partial charge in [0.15, 0.2) is 18.1 Å². The van der Waals surface area contributed by atoms with Crippen LogP contribution < -0.4 is 20.3 Å². The van der Waals surface area contributed by atoms with E-state index >= 15 is 0 Å². The van der Waals surface area contributed by atoms with Crippen LogP contribution >= 0.6 is 11.6 Å². The number of sulfonamides is 1. The minimum atomic E-state index is -6.63. The maximum absolute atomic E-state index is 14.2. The van der Waals surface area contributed by atoms with Gasteiger partial charge in [-0.3, -0.25) is 18.8 Å². The first-order valence-electron chi connectivity index (χ1n) is 14.6. The van der Waals surface area contributed by atoms with Crippen molar-refractivity contribution in [3.63, 3.8) is 0 Å². The van der Waals surface area contributed by atoms with E-state index in [1.165, 1.54) is 19.2 Å². The number of hydrogen-bond donors (Lipinski definition) is 1. The molecule has 0 spiro atoms. The summed E-state index contributed by atoms with van der Waals surface area (Å²) in [5.41, 5.74) is 4.51. The topological polar surface area (TPSA) is 155 Å². The van der Waals surface area contributed by atoms with Crippen LogP contribution in [0.25, 0.3) is 27.6 Å². The number of benzene rings is 2. The molecule has 5 aromatic rings. The molecule has 1 atom stereocenters. The van der Waals surface area contributed by atoms with E-state index < -0.39 is 98.8 Å². The standard InChI is InChI=1S/C30H23ClF9N7O5S/c1-13(48)47(53(3,50)51)26-22-18(31)5-6-20(23(22)45(2)44-26)46-25(19(41)10-14-8-15(32)11-16(33)9-14)43-24-17(27(46)49)4-7-21(42-24)52-12-28(34,35)29(36,37)30(38,39)40/h4-9,11,19H,10,12,41H2,1-3H3/t19-/m0/s1. The number of nitrogens with zero attached hydrogens (tertiary/aromatic N) is 6. The first-order chi connectivity index (χ1) is 24.4. The fourth-order valence-electron chi connectivity index (χ4n) is 5.36. The number of carbonyl (C=O) groups excluding carboxylic acids is 1. The summed E-state index contributed by atoms with van der Waals surface area (Å²) in [5, 5.41) is 3.44. The van der Waals surface area contributed by atoms with E-state index in [0.29, 0.717) is 16.4 Å². The zero-order valence-electron chi connectivity index (χ0n) is 27.0. The zero-order chi connectivity index (χ0) is 39.6. The van der Waals surface area contributed by atoms with E-state index in [4.69, 9.17) is 17.3 Å². The number of aromatic nitrogens is 5. The molecule has 284 valence electrons. The smallest absolute Gasteiger partial charge is 0.460 e. The summed E-state index contributed by atoms with van der Waals surface area (Å²) in [7, 11) is -2.99. The molecule has 0 fully saturated rings. The molecule has 3 aromatic heterocycles. The van der Waals surface area contributed by atoms with Crippen LogP contribution in [0.1, 0.15) is 24.4 Å². The second kappa shape index (κ2) is 13.5. The Balaban J connectivity index is 1.74. The second-order valence-electron chi connectivity index (χ2n) is 11.6. The highest BCUT2D eigenvalue weighted by Crippen LogP contribution is 2.46. The lowest BCUT2D eigenvalue weighted by Crippen LogP contribution is -2.54. The van der Waals surface area contributed by atoms with Gasteiger partial charge in [0, 0.05) is 26.1 Å². The Morgan fingerprint density at radius 1 is 1.02 bits per heavy atom. The Morgan fingerprint density at radius 3 is 2.21 bits per heavy atom. The Hall–Kier alpha value is -4.96. The normalized spacial score (nSPS) is 13.5. The molecule has 0 unspecified atom stereocenters. The van der Waals surface area contributed by atoms with Crippen molar-refractivity contribution in [2.75, 3.05) is 17.2 Å². The molecule has 2 N–H and O–H groups in total. The summed E-state index contributed by atoms with van der Waals surface area (Å²) in [5.74, 6) is -17.1. The van der Waals surface area contributed by atoms with Crippen molar-refractivity contribution >= 4 is 55.3 Å². The van der Waals surface area contributed by atoms with E-state index in [2.05, 4.69) is 19.8 Å². The van der Waals surface area contributed by atoms with Gasteiger partial charge in [-0.1, -0.05) is 11.6 Å². The van der Waals surface area contributed by atoms with E-state index in [9.17, 15) is 57.5 Å². The van der Waals surface area contributed by atoms with Gasteiger partial charge in [0.05, 0.1) is 39.3 Å². The van der Waals surface area contributed by atoms with E-state index in [-0.39, 0.29) is 27.2 Å². The molecular weight excluding hydrogens is 777 g/mol. The molecule has 53 heavy (non-hydrogen) atoms. The number of amides is 1. The van der Waals surface area contributed by atoms with Gasteiger partial charge in [0.1, 0.15) is 17.5 Å². The molecule has 0 bridgehead atoms. The van der Waals surface area contributed by atoms with Crippen LogP contribution in [0.5, 0.6) is 5.88 Å². The molecule has 0 aliphatic rings. The Morgan fingerprint density at radius 2 is 1.64 bits per heavy atom. The number of carbonyl (C=O) groups is 1. The first-order valence-corrected chi connectivity index (χ1v) is 16.8. The molecule has 3 heterocycles. The molecule has 0 aliphatic carbocycles. The number of rotatable bonds is 10. The summed E-state index contributed by atoms with van der Waals surface area (Å²) < 4.78 is 153. The van der Waals surface area contributed by atoms with Crippen molar-refractivity contribution in [3.05, 3.63) is 80.9 Å². The fourth-order valence-corrected chi connectivity index (χ4v) is 6.51. The van der Waals surface area contributed by atoms with Crippen molar-refractivity contribution in [1.82, 2.24) is 24.3 Å². The third kappa shape index (κ3) is 7.21. The van der Waals surface area contributed by atoms with Gasteiger partial charge >= 0.3 is 18.0 Å². The molecular formula is C30H23ClF9N7O5S. The average molecular weight is 800 g/mol. The molecule has 12 nitrogen and oxygen atoms in total. The van der Waals surface area contributed by atoms with Gasteiger partial charge < -0.3 is 10.5 Å². The highest BCUT2D eigenvalue weighted by molar-refractivity contribution is 7.92. The molecule has 0 radical (unpaired) electrons. The van der Waals surface area contributed by atoms with Gasteiger partial charge in [0.25, 0.3) is 5.56 Å². The maximum atomic E-state index is 14.2. The quantitative estimate of drug-likeness (QED) is 0.184. The SMILES string of the molecule is CC(=O)N(c1nn(C)c2c(-n3c([C@@H](N)Cc4cc(F)cc(F)c4)nc4nc(OCC(F)(F)C(F)(F)C(F)(F)F)ccc4c3=O)ccc(Cl)c12)S(C)(=O)=O. The summed E-state index contributed by atoms with van der Waals surface area (Å²) >= 11 is 6.47. The number of halogens is 10. The van der Waals surface area contributed by atoms with Gasteiger partial charge in [-0.2, -0.15) is 45.1 Å². The largest absolute Gasteiger partial charge is 0.471 e. The average Bonchev–Trinajstić information content (AvgIpc) is 3.35. The zero-order valence-corrected chi connectivity index (χ0v) is 28.6. The lowest BCUT2D eigenvalue weighted by atomic mass is 10.0. The number of hydrogen-bond acceptors (Lipinski definition) is 9. The van der Waals surface area contributed by atoms with Crippen molar-refractivity contribution in [2.45, 2.75) is 37.4 Å². The Labute approximate surface area is 296 Å². The molecule has 23 heteroatoms. The molecule has 0 saturated carbocycles. The number of fused-ring (bicyclic) bond motifs is 2.